The van der Waals surface area contributed by atoms with Crippen LogP contribution in [0.25, 0.3) is 0 Å². The molecule has 0 aliphatic heterocycles. The second-order valence-corrected chi connectivity index (χ2v) is 4.65. The van der Waals surface area contributed by atoms with Crippen LogP contribution in [0.4, 0.5) is 5.82 Å². The Morgan fingerprint density at radius 2 is 2.06 bits per heavy atom. The molecule has 1 aromatic rings. The topological polar surface area (TPSA) is 54.0 Å². The predicted molar refractivity (Wildman–Crippen MR) is 70.2 cm³/mol. The third-order valence-electron chi connectivity index (χ3n) is 2.72. The number of carbonyl (C=O) groups is 1. The summed E-state index contributed by atoms with van der Waals surface area (Å²) in [6.07, 6.45) is 2.49. The summed E-state index contributed by atoms with van der Waals surface area (Å²) < 4.78 is 0. The van der Waals surface area contributed by atoms with Crippen LogP contribution in [-0.2, 0) is 0 Å². The molecule has 17 heavy (non-hydrogen) atoms. The average molecular weight is 235 g/mol. The molecule has 1 amide bonds. The molecular weight excluding hydrogens is 214 g/mol. The summed E-state index contributed by atoms with van der Waals surface area (Å²) in [6, 6.07) is 3.60. The normalized spacial score (nSPS) is 11.1. The Morgan fingerprint density at radius 1 is 1.35 bits per heavy atom. The number of nitrogens with zero attached hydrogens (tertiary/aromatic N) is 1. The molecule has 0 atom stereocenters. The van der Waals surface area contributed by atoms with E-state index in [9.17, 15) is 4.79 Å². The molecule has 4 heteroatoms. The number of pyridine rings is 1. The predicted octanol–water partition coefficient (Wildman–Crippen LogP) is 2.43. The summed E-state index contributed by atoms with van der Waals surface area (Å²) in [5.41, 5.74) is 0.408. The van der Waals surface area contributed by atoms with Crippen LogP contribution in [0.3, 0.4) is 0 Å². The van der Waals surface area contributed by atoms with Crippen LogP contribution >= 0.6 is 0 Å². The summed E-state index contributed by atoms with van der Waals surface area (Å²) in [6.45, 7) is 8.89. The molecule has 0 saturated carbocycles. The molecule has 0 unspecified atom stereocenters. The Bertz CT molecular complexity index is 371. The van der Waals surface area contributed by atoms with Crippen LogP contribution in [-0.4, -0.2) is 23.0 Å². The van der Waals surface area contributed by atoms with Gasteiger partial charge in [-0.25, -0.2) is 4.98 Å². The molecule has 4 nitrogen and oxygen atoms in total. The molecule has 0 bridgehead atoms. The van der Waals surface area contributed by atoms with Crippen molar-refractivity contribution in [3.05, 3.63) is 23.9 Å². The van der Waals surface area contributed by atoms with Crippen molar-refractivity contribution < 1.29 is 4.79 Å². The number of aromatic nitrogens is 1. The van der Waals surface area contributed by atoms with Gasteiger partial charge in [0.1, 0.15) is 5.82 Å². The highest BCUT2D eigenvalue weighted by Gasteiger charge is 2.18. The lowest BCUT2D eigenvalue weighted by molar-refractivity contribution is 0.0911. The Morgan fingerprint density at radius 3 is 2.53 bits per heavy atom. The molecule has 0 aromatic carbocycles. The van der Waals surface area contributed by atoms with Crippen molar-refractivity contribution in [3.63, 3.8) is 0 Å². The van der Waals surface area contributed by atoms with Gasteiger partial charge in [0.25, 0.3) is 5.91 Å². The highest BCUT2D eigenvalue weighted by molar-refractivity contribution is 5.94. The summed E-state index contributed by atoms with van der Waals surface area (Å²) in [5, 5.41) is 6.06. The van der Waals surface area contributed by atoms with E-state index in [0.29, 0.717) is 5.56 Å². The Kier molecular flexibility index (Phi) is 4.49. The Balaban J connectivity index is 2.70. The molecule has 0 aliphatic rings. The first-order chi connectivity index (χ1) is 7.98. The van der Waals surface area contributed by atoms with E-state index in [1.54, 1.807) is 12.3 Å². The Labute approximate surface area is 103 Å². The van der Waals surface area contributed by atoms with E-state index in [0.717, 1.165) is 18.8 Å². The summed E-state index contributed by atoms with van der Waals surface area (Å²) >= 11 is 0. The number of rotatable bonds is 5. The molecule has 0 spiro atoms. The van der Waals surface area contributed by atoms with Crippen molar-refractivity contribution >= 4 is 11.7 Å². The molecule has 1 aromatic heterocycles. The lowest BCUT2D eigenvalue weighted by atomic mass is 10.0. The number of nitrogens with one attached hydrogen (secondary N) is 2. The van der Waals surface area contributed by atoms with Gasteiger partial charge in [-0.15, -0.1) is 0 Å². The van der Waals surface area contributed by atoms with Gasteiger partial charge in [0.2, 0.25) is 0 Å². The van der Waals surface area contributed by atoms with Crippen molar-refractivity contribution in [2.45, 2.75) is 39.7 Å². The molecular formula is C13H21N3O. The SMILES string of the molecule is CCNc1ccc(C(=O)NC(C)(C)CC)cn1. The molecule has 0 aliphatic carbocycles. The first-order valence-electron chi connectivity index (χ1n) is 6.01. The molecule has 0 fully saturated rings. The standard InChI is InChI=1S/C13H21N3O/c1-5-13(3,4)16-12(17)10-7-8-11(14-6-2)15-9-10/h7-9H,5-6H2,1-4H3,(H,14,15)(H,16,17). The van der Waals surface area contributed by atoms with E-state index in [4.69, 9.17) is 0 Å². The zero-order valence-electron chi connectivity index (χ0n) is 11.0. The fourth-order valence-corrected chi connectivity index (χ4v) is 1.28. The van der Waals surface area contributed by atoms with Gasteiger partial charge in [-0.2, -0.15) is 0 Å². The lowest BCUT2D eigenvalue weighted by Crippen LogP contribution is -2.42. The highest BCUT2D eigenvalue weighted by Crippen LogP contribution is 2.10. The van der Waals surface area contributed by atoms with Gasteiger partial charge in [0.15, 0.2) is 0 Å². The maximum Gasteiger partial charge on any atom is 0.253 e. The van der Waals surface area contributed by atoms with Crippen LogP contribution < -0.4 is 10.6 Å². The second kappa shape index (κ2) is 5.66. The fourth-order valence-electron chi connectivity index (χ4n) is 1.28. The van der Waals surface area contributed by atoms with Crippen LogP contribution in [0, 0.1) is 0 Å². The fraction of sp³-hybridized carbons (Fsp3) is 0.538. The quantitative estimate of drug-likeness (QED) is 0.824. The Hall–Kier alpha value is -1.58. The minimum Gasteiger partial charge on any atom is -0.370 e. The van der Waals surface area contributed by atoms with E-state index in [2.05, 4.69) is 15.6 Å². The van der Waals surface area contributed by atoms with Gasteiger partial charge in [-0.3, -0.25) is 4.79 Å². The van der Waals surface area contributed by atoms with E-state index in [1.807, 2.05) is 33.8 Å². The first-order valence-corrected chi connectivity index (χ1v) is 6.01. The van der Waals surface area contributed by atoms with Crippen molar-refractivity contribution in [1.29, 1.82) is 0 Å². The van der Waals surface area contributed by atoms with Gasteiger partial charge < -0.3 is 10.6 Å². The lowest BCUT2D eigenvalue weighted by Gasteiger charge is -2.24. The minimum absolute atomic E-state index is 0.0765. The zero-order chi connectivity index (χ0) is 12.9. The van der Waals surface area contributed by atoms with Crippen LogP contribution in [0.15, 0.2) is 18.3 Å². The number of anilines is 1. The molecule has 0 saturated heterocycles. The number of amides is 1. The van der Waals surface area contributed by atoms with Crippen molar-refractivity contribution in [2.24, 2.45) is 0 Å². The zero-order valence-corrected chi connectivity index (χ0v) is 11.0. The van der Waals surface area contributed by atoms with Gasteiger partial charge in [0.05, 0.1) is 5.56 Å². The first kappa shape index (κ1) is 13.5. The van der Waals surface area contributed by atoms with Crippen LogP contribution in [0.1, 0.15) is 44.5 Å². The summed E-state index contributed by atoms with van der Waals surface area (Å²) in [7, 11) is 0. The maximum absolute atomic E-state index is 11.9. The minimum atomic E-state index is -0.183. The number of carbonyl (C=O) groups excluding carboxylic acids is 1. The molecule has 1 heterocycles. The van der Waals surface area contributed by atoms with Gasteiger partial charge >= 0.3 is 0 Å². The van der Waals surface area contributed by atoms with Crippen molar-refractivity contribution in [2.75, 3.05) is 11.9 Å². The van der Waals surface area contributed by atoms with Crippen LogP contribution in [0.5, 0.6) is 0 Å². The van der Waals surface area contributed by atoms with Gasteiger partial charge in [0, 0.05) is 18.3 Å². The molecule has 94 valence electrons. The molecule has 2 N–H and O–H groups in total. The molecule has 1 rings (SSSR count). The summed E-state index contributed by atoms with van der Waals surface area (Å²) in [5.74, 6) is 0.714. The maximum atomic E-state index is 11.9. The smallest absolute Gasteiger partial charge is 0.253 e. The second-order valence-electron chi connectivity index (χ2n) is 4.65. The summed E-state index contributed by atoms with van der Waals surface area (Å²) in [4.78, 5) is 16.1. The monoisotopic (exact) mass is 235 g/mol. The van der Waals surface area contributed by atoms with Crippen LogP contribution in [0.2, 0.25) is 0 Å². The third-order valence-corrected chi connectivity index (χ3v) is 2.72. The number of hydrogen-bond acceptors (Lipinski definition) is 3. The van der Waals surface area contributed by atoms with E-state index >= 15 is 0 Å². The van der Waals surface area contributed by atoms with Gasteiger partial charge in [-0.1, -0.05) is 6.92 Å². The average Bonchev–Trinajstić information content (AvgIpc) is 2.30. The van der Waals surface area contributed by atoms with E-state index in [1.165, 1.54) is 0 Å². The highest BCUT2D eigenvalue weighted by atomic mass is 16.1. The van der Waals surface area contributed by atoms with E-state index in [-0.39, 0.29) is 11.4 Å². The van der Waals surface area contributed by atoms with E-state index < -0.39 is 0 Å². The largest absolute Gasteiger partial charge is 0.370 e. The molecule has 0 radical (unpaired) electrons. The van der Waals surface area contributed by atoms with Gasteiger partial charge in [-0.05, 0) is 39.3 Å². The number of hydrogen-bond donors (Lipinski definition) is 2. The van der Waals surface area contributed by atoms with Crippen molar-refractivity contribution in [1.82, 2.24) is 10.3 Å². The third kappa shape index (κ3) is 4.06. The van der Waals surface area contributed by atoms with Crippen molar-refractivity contribution in [3.8, 4) is 0 Å².